The van der Waals surface area contributed by atoms with Gasteiger partial charge in [0, 0.05) is 52.5 Å². The van der Waals surface area contributed by atoms with E-state index < -0.39 is 0 Å². The number of halogens is 1. The minimum absolute atomic E-state index is 0. The van der Waals surface area contributed by atoms with Gasteiger partial charge in [-0.25, -0.2) is 0 Å². The van der Waals surface area contributed by atoms with Crippen molar-refractivity contribution in [1.29, 1.82) is 0 Å². The first-order chi connectivity index (χ1) is 12.0. The minimum atomic E-state index is 0. The zero-order valence-corrected chi connectivity index (χ0v) is 19.5. The number of hydrogen-bond acceptors (Lipinski definition) is 3. The van der Waals surface area contributed by atoms with E-state index in [1.165, 1.54) is 50.0 Å². The summed E-state index contributed by atoms with van der Waals surface area (Å²) in [6.07, 6.45) is 7.58. The van der Waals surface area contributed by atoms with Gasteiger partial charge >= 0.3 is 0 Å². The normalized spacial score (nSPS) is 16.3. The molecule has 1 saturated heterocycles. The summed E-state index contributed by atoms with van der Waals surface area (Å²) in [6, 6.07) is 0. The van der Waals surface area contributed by atoms with Crippen molar-refractivity contribution < 1.29 is 0 Å². The van der Waals surface area contributed by atoms with Crippen LogP contribution in [-0.2, 0) is 13.6 Å². The van der Waals surface area contributed by atoms with E-state index in [-0.39, 0.29) is 24.0 Å². The SMILES string of the molecule is CN=C(NCCN1CCCCCC1)N(C)Cc1cn(C)nc1C(C)C.I. The van der Waals surface area contributed by atoms with Gasteiger partial charge in [0.1, 0.15) is 0 Å². The van der Waals surface area contributed by atoms with Crippen LogP contribution in [-0.4, -0.2) is 65.8 Å². The first-order valence-corrected chi connectivity index (χ1v) is 9.67. The maximum absolute atomic E-state index is 4.60. The summed E-state index contributed by atoms with van der Waals surface area (Å²) in [5.74, 6) is 1.39. The van der Waals surface area contributed by atoms with E-state index in [4.69, 9.17) is 0 Å². The molecule has 2 rings (SSSR count). The van der Waals surface area contributed by atoms with Crippen LogP contribution >= 0.6 is 24.0 Å². The Morgan fingerprint density at radius 3 is 2.50 bits per heavy atom. The maximum Gasteiger partial charge on any atom is 0.193 e. The lowest BCUT2D eigenvalue weighted by Crippen LogP contribution is -2.42. The van der Waals surface area contributed by atoms with Crippen LogP contribution in [0.4, 0.5) is 0 Å². The average Bonchev–Trinajstić information content (AvgIpc) is 2.78. The number of aromatic nitrogens is 2. The molecule has 0 radical (unpaired) electrons. The fourth-order valence-electron chi connectivity index (χ4n) is 3.56. The summed E-state index contributed by atoms with van der Waals surface area (Å²) in [7, 11) is 5.94. The van der Waals surface area contributed by atoms with Crippen LogP contribution in [0.25, 0.3) is 0 Å². The molecule has 1 aliphatic rings. The summed E-state index contributed by atoms with van der Waals surface area (Å²) in [4.78, 5) is 9.21. The van der Waals surface area contributed by atoms with Gasteiger partial charge in [-0.1, -0.05) is 26.7 Å². The van der Waals surface area contributed by atoms with Crippen LogP contribution in [0.15, 0.2) is 11.2 Å². The zero-order valence-electron chi connectivity index (χ0n) is 17.2. The molecule has 0 spiro atoms. The molecule has 0 saturated carbocycles. The van der Waals surface area contributed by atoms with Crippen molar-refractivity contribution >= 4 is 29.9 Å². The molecule has 7 heteroatoms. The number of guanidine groups is 1. The van der Waals surface area contributed by atoms with Gasteiger partial charge < -0.3 is 15.1 Å². The minimum Gasteiger partial charge on any atom is -0.355 e. The Balaban J connectivity index is 0.00000338. The largest absolute Gasteiger partial charge is 0.355 e. The molecule has 0 amide bonds. The second kappa shape index (κ2) is 11.8. The van der Waals surface area contributed by atoms with E-state index in [9.17, 15) is 0 Å². The molecular formula is C19H37IN6. The van der Waals surface area contributed by atoms with E-state index in [0.29, 0.717) is 5.92 Å². The average molecular weight is 476 g/mol. The maximum atomic E-state index is 4.60. The number of aryl methyl sites for hydroxylation is 1. The number of likely N-dealkylation sites (tertiary alicyclic amines) is 1. The lowest BCUT2D eigenvalue weighted by molar-refractivity contribution is 0.288. The number of nitrogens with one attached hydrogen (secondary N) is 1. The molecule has 1 aliphatic heterocycles. The monoisotopic (exact) mass is 476 g/mol. The molecule has 0 aromatic carbocycles. The van der Waals surface area contributed by atoms with E-state index in [1.54, 1.807) is 0 Å². The van der Waals surface area contributed by atoms with Gasteiger partial charge in [-0.3, -0.25) is 9.67 Å². The lowest BCUT2D eigenvalue weighted by atomic mass is 10.1. The molecular weight excluding hydrogens is 439 g/mol. The highest BCUT2D eigenvalue weighted by atomic mass is 127. The van der Waals surface area contributed by atoms with Crippen LogP contribution in [0.5, 0.6) is 0 Å². The predicted molar refractivity (Wildman–Crippen MR) is 120 cm³/mol. The topological polar surface area (TPSA) is 48.7 Å². The van der Waals surface area contributed by atoms with E-state index in [0.717, 1.165) is 25.6 Å². The van der Waals surface area contributed by atoms with Crippen LogP contribution < -0.4 is 5.32 Å². The molecule has 26 heavy (non-hydrogen) atoms. The Bertz CT molecular complexity index is 546. The standard InChI is InChI=1S/C19H36N6.HI/c1-16(2)18-17(15-24(5)22-18)14-23(4)19(20-3)21-10-13-25-11-8-6-7-9-12-25;/h15-16H,6-14H2,1-5H3,(H,20,21);1H. The number of nitrogens with zero attached hydrogens (tertiary/aromatic N) is 5. The quantitative estimate of drug-likeness (QED) is 0.390. The van der Waals surface area contributed by atoms with E-state index in [1.807, 2.05) is 18.8 Å². The van der Waals surface area contributed by atoms with Crippen molar-refractivity contribution in [2.45, 2.75) is 52.0 Å². The highest BCUT2D eigenvalue weighted by Gasteiger charge is 2.15. The molecule has 0 bridgehead atoms. The number of hydrogen-bond donors (Lipinski definition) is 1. The van der Waals surface area contributed by atoms with Gasteiger partial charge in [-0.15, -0.1) is 24.0 Å². The van der Waals surface area contributed by atoms with Crippen molar-refractivity contribution in [3.05, 3.63) is 17.5 Å². The first kappa shape index (κ1) is 23.2. The molecule has 150 valence electrons. The summed E-state index contributed by atoms with van der Waals surface area (Å²) in [5.41, 5.74) is 2.45. The summed E-state index contributed by atoms with van der Waals surface area (Å²) in [5, 5.41) is 8.12. The molecule has 1 aromatic heterocycles. The van der Waals surface area contributed by atoms with Gasteiger partial charge in [0.15, 0.2) is 5.96 Å². The lowest BCUT2D eigenvalue weighted by Gasteiger charge is -2.24. The van der Waals surface area contributed by atoms with Crippen LogP contribution in [0, 0.1) is 0 Å². The molecule has 6 nitrogen and oxygen atoms in total. The van der Waals surface area contributed by atoms with Gasteiger partial charge in [-0.05, 0) is 31.8 Å². The summed E-state index contributed by atoms with van der Waals surface area (Å²) >= 11 is 0. The van der Waals surface area contributed by atoms with Gasteiger partial charge in [0.05, 0.1) is 5.69 Å². The molecule has 0 aliphatic carbocycles. The first-order valence-electron chi connectivity index (χ1n) is 9.67. The van der Waals surface area contributed by atoms with Crippen molar-refractivity contribution in [2.24, 2.45) is 12.0 Å². The second-order valence-electron chi connectivity index (χ2n) is 7.45. The van der Waals surface area contributed by atoms with Crippen LogP contribution in [0.2, 0.25) is 0 Å². The fourth-order valence-corrected chi connectivity index (χ4v) is 3.56. The van der Waals surface area contributed by atoms with Gasteiger partial charge in [0.2, 0.25) is 0 Å². The third-order valence-electron chi connectivity index (χ3n) is 4.87. The number of rotatable bonds is 6. The predicted octanol–water partition coefficient (Wildman–Crippen LogP) is 3.04. The third-order valence-corrected chi connectivity index (χ3v) is 4.87. The van der Waals surface area contributed by atoms with Crippen molar-refractivity contribution in [2.75, 3.05) is 40.3 Å². The fraction of sp³-hybridized carbons (Fsp3) is 0.789. The number of aliphatic imine (C=N–C) groups is 1. The van der Waals surface area contributed by atoms with E-state index in [2.05, 4.69) is 52.3 Å². The Hall–Kier alpha value is -0.830. The highest BCUT2D eigenvalue weighted by molar-refractivity contribution is 14.0. The molecule has 0 unspecified atom stereocenters. The molecule has 1 aromatic rings. The highest BCUT2D eigenvalue weighted by Crippen LogP contribution is 2.18. The Morgan fingerprint density at radius 2 is 1.92 bits per heavy atom. The molecule has 2 heterocycles. The Morgan fingerprint density at radius 1 is 1.27 bits per heavy atom. The zero-order chi connectivity index (χ0) is 18.2. The Kier molecular flexibility index (Phi) is 10.5. The van der Waals surface area contributed by atoms with E-state index >= 15 is 0 Å². The van der Waals surface area contributed by atoms with Crippen LogP contribution in [0.1, 0.15) is 56.7 Å². The molecule has 1 fully saturated rings. The summed E-state index contributed by atoms with van der Waals surface area (Å²) < 4.78 is 1.91. The van der Waals surface area contributed by atoms with Crippen molar-refractivity contribution in [3.63, 3.8) is 0 Å². The van der Waals surface area contributed by atoms with Gasteiger partial charge in [0.25, 0.3) is 0 Å². The molecule has 1 N–H and O–H groups in total. The molecule has 0 atom stereocenters. The summed E-state index contributed by atoms with van der Waals surface area (Å²) in [6.45, 7) is 9.73. The van der Waals surface area contributed by atoms with Gasteiger partial charge in [-0.2, -0.15) is 5.10 Å². The Labute approximate surface area is 176 Å². The van der Waals surface area contributed by atoms with Crippen molar-refractivity contribution in [1.82, 2.24) is 24.9 Å². The second-order valence-corrected chi connectivity index (χ2v) is 7.45. The van der Waals surface area contributed by atoms with Crippen molar-refractivity contribution in [3.8, 4) is 0 Å². The van der Waals surface area contributed by atoms with Crippen LogP contribution in [0.3, 0.4) is 0 Å². The third kappa shape index (κ3) is 7.06. The smallest absolute Gasteiger partial charge is 0.193 e.